The zero-order valence-corrected chi connectivity index (χ0v) is 15.9. The molecule has 9 heteroatoms. The highest BCUT2D eigenvalue weighted by Crippen LogP contribution is 2.25. The fraction of sp³-hybridized carbons (Fsp3) is 0.412. The molecule has 8 nitrogen and oxygen atoms in total. The number of hydrogen-bond acceptors (Lipinski definition) is 4. The van der Waals surface area contributed by atoms with Gasteiger partial charge in [-0.3, -0.25) is 4.68 Å². The van der Waals surface area contributed by atoms with Crippen molar-refractivity contribution >= 4 is 21.7 Å². The summed E-state index contributed by atoms with van der Waals surface area (Å²) < 4.78 is 25.0. The van der Waals surface area contributed by atoms with Gasteiger partial charge in [0.05, 0.1) is 16.6 Å². The molecule has 1 saturated heterocycles. The number of primary sulfonamides is 1. The van der Waals surface area contributed by atoms with Gasteiger partial charge >= 0.3 is 6.03 Å². The predicted octanol–water partition coefficient (Wildman–Crippen LogP) is 1.93. The number of anilines is 1. The molecule has 2 heterocycles. The normalized spacial score (nSPS) is 17.5. The van der Waals surface area contributed by atoms with Crippen molar-refractivity contribution < 1.29 is 13.2 Å². The number of carbonyl (C=O) groups is 1. The Morgan fingerprint density at radius 1 is 1.27 bits per heavy atom. The predicted molar refractivity (Wildman–Crippen MR) is 98.5 cm³/mol. The van der Waals surface area contributed by atoms with E-state index in [1.807, 2.05) is 24.6 Å². The molecule has 1 aromatic heterocycles. The minimum absolute atomic E-state index is 0.0275. The number of nitrogens with one attached hydrogen (secondary N) is 1. The maximum atomic E-state index is 12.6. The third-order valence-electron chi connectivity index (χ3n) is 4.62. The minimum atomic E-state index is -3.82. The van der Waals surface area contributed by atoms with E-state index < -0.39 is 10.0 Å². The molecule has 140 valence electrons. The van der Waals surface area contributed by atoms with Crippen molar-refractivity contribution in [3.05, 3.63) is 41.2 Å². The van der Waals surface area contributed by atoms with Crippen LogP contribution < -0.4 is 10.5 Å². The van der Waals surface area contributed by atoms with Crippen LogP contribution in [0.3, 0.4) is 0 Å². The summed E-state index contributed by atoms with van der Waals surface area (Å²) in [5, 5.41) is 12.5. The van der Waals surface area contributed by atoms with E-state index in [1.165, 1.54) is 12.1 Å². The van der Waals surface area contributed by atoms with E-state index in [0.717, 1.165) is 23.4 Å². The number of rotatable bonds is 3. The van der Waals surface area contributed by atoms with Gasteiger partial charge in [0.15, 0.2) is 0 Å². The molecule has 1 atom stereocenters. The Balaban J connectivity index is 1.72. The highest BCUT2D eigenvalue weighted by Gasteiger charge is 2.29. The van der Waals surface area contributed by atoms with Crippen LogP contribution >= 0.6 is 0 Å². The van der Waals surface area contributed by atoms with Crippen molar-refractivity contribution in [2.45, 2.75) is 38.1 Å². The number of sulfonamides is 1. The molecule has 0 aliphatic carbocycles. The lowest BCUT2D eigenvalue weighted by atomic mass is 10.2. The number of aryl methyl sites for hydroxylation is 3. The fourth-order valence-corrected chi connectivity index (χ4v) is 3.79. The van der Waals surface area contributed by atoms with Crippen LogP contribution in [-0.2, 0) is 10.0 Å². The van der Waals surface area contributed by atoms with Crippen LogP contribution in [0, 0.1) is 20.8 Å². The van der Waals surface area contributed by atoms with Gasteiger partial charge in [0.1, 0.15) is 0 Å². The monoisotopic (exact) mass is 377 g/mol. The SMILES string of the molecule is Cc1cc(C)n([C@H]2CCN(C(=O)Nc3cc(S(N)(=O)=O)ccc3C)C2)n1. The standard InChI is InChI=1S/C17H23N5O3S/c1-11-4-5-15(26(18,24)25)9-16(11)19-17(23)21-7-6-14(10-21)22-13(3)8-12(2)20-22/h4-5,8-9,14H,6-7,10H2,1-3H3,(H,19,23)(H2,18,24,25)/t14-/m0/s1. The summed E-state index contributed by atoms with van der Waals surface area (Å²) in [6, 6.07) is 6.34. The summed E-state index contributed by atoms with van der Waals surface area (Å²) in [5.74, 6) is 0. The van der Waals surface area contributed by atoms with E-state index in [0.29, 0.717) is 18.8 Å². The van der Waals surface area contributed by atoms with E-state index >= 15 is 0 Å². The van der Waals surface area contributed by atoms with Gasteiger partial charge in [-0.25, -0.2) is 18.4 Å². The number of carbonyl (C=O) groups excluding carboxylic acids is 1. The van der Waals surface area contributed by atoms with Crippen molar-refractivity contribution in [3.8, 4) is 0 Å². The fourth-order valence-electron chi connectivity index (χ4n) is 3.25. The molecule has 0 saturated carbocycles. The molecular formula is C17H23N5O3S. The molecule has 3 rings (SSSR count). The second-order valence-electron chi connectivity index (χ2n) is 6.71. The lowest BCUT2D eigenvalue weighted by Gasteiger charge is -2.19. The number of urea groups is 1. The lowest BCUT2D eigenvalue weighted by Crippen LogP contribution is -2.33. The first-order valence-electron chi connectivity index (χ1n) is 8.37. The maximum Gasteiger partial charge on any atom is 0.321 e. The van der Waals surface area contributed by atoms with Gasteiger partial charge in [-0.2, -0.15) is 5.10 Å². The molecule has 1 aliphatic rings. The summed E-state index contributed by atoms with van der Waals surface area (Å²) >= 11 is 0. The second kappa shape index (κ2) is 6.73. The zero-order valence-electron chi connectivity index (χ0n) is 15.1. The zero-order chi connectivity index (χ0) is 19.1. The quantitative estimate of drug-likeness (QED) is 0.851. The highest BCUT2D eigenvalue weighted by molar-refractivity contribution is 7.89. The van der Waals surface area contributed by atoms with Gasteiger partial charge in [-0.1, -0.05) is 6.07 Å². The van der Waals surface area contributed by atoms with E-state index in [-0.39, 0.29) is 17.0 Å². The van der Waals surface area contributed by atoms with Gasteiger partial charge in [-0.05, 0) is 51.0 Å². The van der Waals surface area contributed by atoms with Crippen LogP contribution in [0.25, 0.3) is 0 Å². The van der Waals surface area contributed by atoms with Crippen molar-refractivity contribution in [3.63, 3.8) is 0 Å². The Morgan fingerprint density at radius 2 is 2.00 bits per heavy atom. The Morgan fingerprint density at radius 3 is 2.62 bits per heavy atom. The number of nitrogens with zero attached hydrogens (tertiary/aromatic N) is 3. The number of amides is 2. The summed E-state index contributed by atoms with van der Waals surface area (Å²) in [6.45, 7) is 6.92. The number of aromatic nitrogens is 2. The van der Waals surface area contributed by atoms with E-state index in [2.05, 4.69) is 10.4 Å². The Kier molecular flexibility index (Phi) is 4.76. The molecule has 1 fully saturated rings. The lowest BCUT2D eigenvalue weighted by molar-refractivity contribution is 0.220. The van der Waals surface area contributed by atoms with Crippen molar-refractivity contribution in [1.29, 1.82) is 0 Å². The summed E-state index contributed by atoms with van der Waals surface area (Å²) in [4.78, 5) is 14.3. The Labute approximate surface area is 153 Å². The summed E-state index contributed by atoms with van der Waals surface area (Å²) in [6.07, 6.45) is 0.825. The third kappa shape index (κ3) is 3.73. The molecule has 3 N–H and O–H groups in total. The van der Waals surface area contributed by atoms with E-state index in [1.54, 1.807) is 17.9 Å². The van der Waals surface area contributed by atoms with Crippen LogP contribution in [0.4, 0.5) is 10.5 Å². The van der Waals surface area contributed by atoms with Crippen LogP contribution in [0.15, 0.2) is 29.2 Å². The van der Waals surface area contributed by atoms with Crippen LogP contribution in [0.2, 0.25) is 0 Å². The molecule has 2 amide bonds. The molecule has 26 heavy (non-hydrogen) atoms. The molecule has 2 aromatic rings. The highest BCUT2D eigenvalue weighted by atomic mass is 32.2. The van der Waals surface area contributed by atoms with Gasteiger partial charge in [-0.15, -0.1) is 0 Å². The Hall–Kier alpha value is -2.39. The van der Waals surface area contributed by atoms with Crippen molar-refractivity contribution in [1.82, 2.24) is 14.7 Å². The topological polar surface area (TPSA) is 110 Å². The molecule has 1 aromatic carbocycles. The largest absolute Gasteiger partial charge is 0.322 e. The number of hydrogen-bond donors (Lipinski definition) is 2. The summed E-state index contributed by atoms with van der Waals surface area (Å²) in [7, 11) is -3.82. The molecule has 0 spiro atoms. The average Bonchev–Trinajstić information content (AvgIpc) is 3.14. The average molecular weight is 377 g/mol. The van der Waals surface area contributed by atoms with Gasteiger partial charge < -0.3 is 10.2 Å². The molecule has 0 radical (unpaired) electrons. The van der Waals surface area contributed by atoms with Crippen molar-refractivity contribution in [2.24, 2.45) is 5.14 Å². The van der Waals surface area contributed by atoms with Crippen LogP contribution in [0.5, 0.6) is 0 Å². The smallest absolute Gasteiger partial charge is 0.321 e. The molecule has 1 aliphatic heterocycles. The second-order valence-corrected chi connectivity index (χ2v) is 8.27. The molecule has 0 bridgehead atoms. The van der Waals surface area contributed by atoms with E-state index in [9.17, 15) is 13.2 Å². The first kappa shape index (κ1) is 18.4. The van der Waals surface area contributed by atoms with Crippen molar-refractivity contribution in [2.75, 3.05) is 18.4 Å². The van der Waals surface area contributed by atoms with Crippen LogP contribution in [-0.4, -0.2) is 42.2 Å². The minimum Gasteiger partial charge on any atom is -0.322 e. The van der Waals surface area contributed by atoms with Gasteiger partial charge in [0.25, 0.3) is 0 Å². The van der Waals surface area contributed by atoms with Crippen LogP contribution in [0.1, 0.15) is 29.4 Å². The third-order valence-corrected chi connectivity index (χ3v) is 5.53. The number of likely N-dealkylation sites (tertiary alicyclic amines) is 1. The first-order valence-corrected chi connectivity index (χ1v) is 9.92. The molecule has 0 unspecified atom stereocenters. The van der Waals surface area contributed by atoms with Gasteiger partial charge in [0.2, 0.25) is 10.0 Å². The number of benzene rings is 1. The molecular weight excluding hydrogens is 354 g/mol. The number of nitrogens with two attached hydrogens (primary N) is 1. The Bertz CT molecular complexity index is 951. The summed E-state index contributed by atoms with van der Waals surface area (Å²) in [5.41, 5.74) is 3.24. The van der Waals surface area contributed by atoms with E-state index in [4.69, 9.17) is 5.14 Å². The maximum absolute atomic E-state index is 12.6. The first-order chi connectivity index (χ1) is 12.1. The van der Waals surface area contributed by atoms with Gasteiger partial charge in [0, 0.05) is 24.5 Å².